The number of unbranched alkanes of at least 4 members (excludes halogenated alkanes) is 6. The topological polar surface area (TPSA) is 70.5 Å². The molecule has 0 radical (unpaired) electrons. The first-order valence-corrected chi connectivity index (χ1v) is 15.5. The van der Waals surface area contributed by atoms with E-state index in [-0.39, 0.29) is 0 Å². The van der Waals surface area contributed by atoms with Gasteiger partial charge in [-0.05, 0) is 96.4 Å². The molecule has 0 fully saturated rings. The first-order valence-electron chi connectivity index (χ1n) is 15.5. The van der Waals surface area contributed by atoms with Crippen molar-refractivity contribution in [2.24, 2.45) is 11.5 Å². The molecule has 0 aliphatic rings. The molecule has 0 bridgehead atoms. The minimum Gasteiger partial charge on any atom is -0.494 e. The van der Waals surface area contributed by atoms with Crippen molar-refractivity contribution in [2.45, 2.75) is 51.4 Å². The van der Waals surface area contributed by atoms with E-state index in [0.717, 1.165) is 100 Å². The maximum Gasteiger partial charge on any atom is 0.119 e. The minimum atomic E-state index is 0.725. The first-order chi connectivity index (χ1) is 20.8. The van der Waals surface area contributed by atoms with Crippen molar-refractivity contribution in [3.8, 4) is 11.5 Å². The molecule has 0 aliphatic heterocycles. The molecule has 4 aromatic carbocycles. The summed E-state index contributed by atoms with van der Waals surface area (Å²) >= 11 is 0. The van der Waals surface area contributed by atoms with E-state index in [2.05, 4.69) is 109 Å². The number of benzene rings is 4. The van der Waals surface area contributed by atoms with Crippen LogP contribution in [0.2, 0.25) is 0 Å². The Balaban J connectivity index is 1.62. The molecule has 0 aliphatic carbocycles. The molecule has 0 spiro atoms. The number of rotatable bonds is 18. The van der Waals surface area contributed by atoms with Gasteiger partial charge in [0, 0.05) is 0 Å². The van der Waals surface area contributed by atoms with Crippen molar-refractivity contribution in [1.82, 2.24) is 0 Å². The lowest BCUT2D eigenvalue weighted by molar-refractivity contribution is 0.304. The summed E-state index contributed by atoms with van der Waals surface area (Å²) in [4.78, 5) is 0. The van der Waals surface area contributed by atoms with Crippen molar-refractivity contribution >= 4 is 11.1 Å². The predicted octanol–water partition coefficient (Wildman–Crippen LogP) is 8.49. The highest BCUT2D eigenvalue weighted by molar-refractivity contribution is 6.04. The van der Waals surface area contributed by atoms with Crippen LogP contribution in [-0.2, 0) is 0 Å². The van der Waals surface area contributed by atoms with E-state index in [9.17, 15) is 0 Å². The van der Waals surface area contributed by atoms with Crippen LogP contribution in [0.4, 0.5) is 0 Å². The Kier molecular flexibility index (Phi) is 13.2. The second-order valence-electron chi connectivity index (χ2n) is 10.6. The van der Waals surface area contributed by atoms with Crippen LogP contribution in [0.3, 0.4) is 0 Å². The Bertz CT molecular complexity index is 1210. The Hall–Kier alpha value is -3.86. The van der Waals surface area contributed by atoms with Crippen LogP contribution >= 0.6 is 0 Å². The quantitative estimate of drug-likeness (QED) is 0.0942. The van der Waals surface area contributed by atoms with Gasteiger partial charge in [-0.15, -0.1) is 0 Å². The Morgan fingerprint density at radius 2 is 0.714 bits per heavy atom. The number of nitrogens with two attached hydrogens (primary N) is 2. The lowest BCUT2D eigenvalue weighted by Crippen LogP contribution is -2.01. The molecule has 4 nitrogen and oxygen atoms in total. The van der Waals surface area contributed by atoms with Gasteiger partial charge in [-0.1, -0.05) is 111 Å². The zero-order valence-electron chi connectivity index (χ0n) is 24.8. The van der Waals surface area contributed by atoms with Crippen molar-refractivity contribution in [3.63, 3.8) is 0 Å². The molecule has 0 saturated carbocycles. The van der Waals surface area contributed by atoms with Gasteiger partial charge < -0.3 is 20.9 Å². The second-order valence-corrected chi connectivity index (χ2v) is 10.6. The summed E-state index contributed by atoms with van der Waals surface area (Å²) in [6.45, 7) is 2.97. The average Bonchev–Trinajstić information content (AvgIpc) is 3.05. The summed E-state index contributed by atoms with van der Waals surface area (Å²) in [5, 5.41) is 0. The zero-order valence-corrected chi connectivity index (χ0v) is 24.8. The van der Waals surface area contributed by atoms with E-state index in [0.29, 0.717) is 0 Å². The largest absolute Gasteiger partial charge is 0.494 e. The van der Waals surface area contributed by atoms with Crippen LogP contribution < -0.4 is 20.9 Å². The fourth-order valence-corrected chi connectivity index (χ4v) is 5.14. The molecular weight excluding hydrogens is 516 g/mol. The first kappa shape index (κ1) is 31.1. The van der Waals surface area contributed by atoms with E-state index in [1.165, 1.54) is 22.3 Å². The maximum absolute atomic E-state index is 6.06. The molecule has 42 heavy (non-hydrogen) atoms. The van der Waals surface area contributed by atoms with Crippen LogP contribution in [0.25, 0.3) is 11.1 Å². The molecule has 0 aromatic heterocycles. The summed E-state index contributed by atoms with van der Waals surface area (Å²) in [6, 6.07) is 38.3. The van der Waals surface area contributed by atoms with Crippen molar-refractivity contribution < 1.29 is 9.47 Å². The Labute approximate surface area is 252 Å². The zero-order chi connectivity index (χ0) is 29.2. The van der Waals surface area contributed by atoms with Crippen molar-refractivity contribution in [1.29, 1.82) is 0 Å². The molecule has 0 amide bonds. The van der Waals surface area contributed by atoms with Crippen molar-refractivity contribution in [2.75, 3.05) is 26.3 Å². The third-order valence-corrected chi connectivity index (χ3v) is 7.40. The van der Waals surface area contributed by atoms with Gasteiger partial charge in [0.2, 0.25) is 0 Å². The van der Waals surface area contributed by atoms with Crippen LogP contribution in [0, 0.1) is 0 Å². The summed E-state index contributed by atoms with van der Waals surface area (Å²) in [6.07, 6.45) is 8.87. The SMILES string of the molecule is NCCCCCCOc1ccc(/C(=C(/c2ccccc2)c2ccc(OCCCCCCN)cc2)c2ccccc2)cc1. The summed E-state index contributed by atoms with van der Waals surface area (Å²) in [5.74, 6) is 1.80. The Morgan fingerprint density at radius 1 is 0.381 bits per heavy atom. The second kappa shape index (κ2) is 17.8. The van der Waals surface area contributed by atoms with E-state index < -0.39 is 0 Å². The molecule has 4 aromatic rings. The molecule has 220 valence electrons. The van der Waals surface area contributed by atoms with Crippen LogP contribution in [0.1, 0.15) is 73.6 Å². The average molecular weight is 563 g/mol. The number of hydrogen-bond acceptors (Lipinski definition) is 4. The van der Waals surface area contributed by atoms with Gasteiger partial charge in [0.25, 0.3) is 0 Å². The third-order valence-electron chi connectivity index (χ3n) is 7.40. The van der Waals surface area contributed by atoms with E-state index in [1.807, 2.05) is 0 Å². The van der Waals surface area contributed by atoms with Gasteiger partial charge in [-0.25, -0.2) is 0 Å². The van der Waals surface area contributed by atoms with Gasteiger partial charge in [0.05, 0.1) is 13.2 Å². The molecule has 0 atom stereocenters. The van der Waals surface area contributed by atoms with Gasteiger partial charge in [0.1, 0.15) is 11.5 Å². The maximum atomic E-state index is 6.06. The fourth-order valence-electron chi connectivity index (χ4n) is 5.14. The van der Waals surface area contributed by atoms with Crippen molar-refractivity contribution in [3.05, 3.63) is 131 Å². The highest BCUT2D eigenvalue weighted by atomic mass is 16.5. The monoisotopic (exact) mass is 562 g/mol. The lowest BCUT2D eigenvalue weighted by Gasteiger charge is -2.19. The smallest absolute Gasteiger partial charge is 0.119 e. The lowest BCUT2D eigenvalue weighted by atomic mass is 9.86. The van der Waals surface area contributed by atoms with Gasteiger partial charge in [0.15, 0.2) is 0 Å². The van der Waals surface area contributed by atoms with Crippen LogP contribution in [0.5, 0.6) is 11.5 Å². The highest BCUT2D eigenvalue weighted by Crippen LogP contribution is 2.37. The van der Waals surface area contributed by atoms with Crippen LogP contribution in [0.15, 0.2) is 109 Å². The summed E-state index contributed by atoms with van der Waals surface area (Å²) < 4.78 is 12.1. The molecule has 4 N–H and O–H groups in total. The molecule has 4 heteroatoms. The fraction of sp³-hybridized carbons (Fsp3) is 0.316. The number of hydrogen-bond donors (Lipinski definition) is 2. The summed E-state index contributed by atoms with van der Waals surface area (Å²) in [7, 11) is 0. The molecule has 0 heterocycles. The number of ether oxygens (including phenoxy) is 2. The normalized spacial score (nSPS) is 11.7. The van der Waals surface area contributed by atoms with E-state index >= 15 is 0 Å². The standard InChI is InChI=1S/C38H46N2O2/c39-27-11-1-3-13-29-41-35-23-19-33(20-24-35)37(31-15-7-5-8-16-31)38(32-17-9-6-10-18-32)34-21-25-36(26-22-34)42-30-14-4-2-12-28-40/h5-10,15-26H,1-4,11-14,27-30,39-40H2/b38-37-. The van der Waals surface area contributed by atoms with Crippen LogP contribution in [-0.4, -0.2) is 26.3 Å². The Morgan fingerprint density at radius 3 is 1.07 bits per heavy atom. The predicted molar refractivity (Wildman–Crippen MR) is 177 cm³/mol. The molecule has 0 unspecified atom stereocenters. The molecule has 4 rings (SSSR count). The molecular formula is C38H46N2O2. The van der Waals surface area contributed by atoms with Gasteiger partial charge >= 0.3 is 0 Å². The van der Waals surface area contributed by atoms with Gasteiger partial charge in [-0.3, -0.25) is 0 Å². The third kappa shape index (κ3) is 9.61. The highest BCUT2D eigenvalue weighted by Gasteiger charge is 2.16. The summed E-state index contributed by atoms with van der Waals surface area (Å²) in [5.41, 5.74) is 18.2. The van der Waals surface area contributed by atoms with E-state index in [4.69, 9.17) is 20.9 Å². The van der Waals surface area contributed by atoms with Gasteiger partial charge in [-0.2, -0.15) is 0 Å². The minimum absolute atomic E-state index is 0.725. The molecule has 0 saturated heterocycles. The van der Waals surface area contributed by atoms with E-state index in [1.54, 1.807) is 0 Å².